The van der Waals surface area contributed by atoms with E-state index in [-0.39, 0.29) is 6.54 Å². The van der Waals surface area contributed by atoms with Gasteiger partial charge >= 0.3 is 5.97 Å². The molecule has 0 heterocycles. The van der Waals surface area contributed by atoms with Crippen molar-refractivity contribution < 1.29 is 9.90 Å². The molecule has 3 nitrogen and oxygen atoms in total. The zero-order valence-corrected chi connectivity index (χ0v) is 12.6. The Balaban J connectivity index is 1.79. The zero-order chi connectivity index (χ0) is 14.3. The molecule has 0 radical (unpaired) electrons. The molecule has 0 spiro atoms. The van der Waals surface area contributed by atoms with Gasteiger partial charge in [0.05, 0.1) is 6.54 Å². The molecule has 4 aliphatic rings. The van der Waals surface area contributed by atoms with Crippen LogP contribution in [0.15, 0.2) is 12.7 Å². The average molecular weight is 277 g/mol. The first-order valence-corrected chi connectivity index (χ1v) is 8.09. The lowest BCUT2D eigenvalue weighted by Gasteiger charge is -2.60. The molecule has 20 heavy (non-hydrogen) atoms. The van der Waals surface area contributed by atoms with Gasteiger partial charge in [-0.05, 0) is 68.6 Å². The third-order valence-corrected chi connectivity index (χ3v) is 6.22. The van der Waals surface area contributed by atoms with Gasteiger partial charge in [-0.25, -0.2) is 0 Å². The van der Waals surface area contributed by atoms with Crippen LogP contribution in [0.4, 0.5) is 0 Å². The summed E-state index contributed by atoms with van der Waals surface area (Å²) < 4.78 is 0. The molecule has 4 bridgehead atoms. The molecule has 1 N–H and O–H groups in total. The summed E-state index contributed by atoms with van der Waals surface area (Å²) in [7, 11) is 0. The van der Waals surface area contributed by atoms with Gasteiger partial charge in [0.2, 0.25) is 0 Å². The van der Waals surface area contributed by atoms with Gasteiger partial charge in [-0.2, -0.15) is 0 Å². The van der Waals surface area contributed by atoms with E-state index in [4.69, 9.17) is 5.11 Å². The molecule has 0 saturated heterocycles. The second kappa shape index (κ2) is 5.18. The molecular weight excluding hydrogens is 250 g/mol. The van der Waals surface area contributed by atoms with Crippen LogP contribution in [0.25, 0.3) is 0 Å². The molecule has 4 fully saturated rings. The van der Waals surface area contributed by atoms with Crippen LogP contribution in [-0.2, 0) is 4.79 Å². The number of rotatable bonds is 6. The molecule has 4 saturated carbocycles. The van der Waals surface area contributed by atoms with E-state index in [1.807, 2.05) is 6.08 Å². The van der Waals surface area contributed by atoms with E-state index >= 15 is 0 Å². The minimum absolute atomic E-state index is 0.148. The third kappa shape index (κ3) is 2.41. The average Bonchev–Trinajstić information content (AvgIpc) is 2.35. The summed E-state index contributed by atoms with van der Waals surface area (Å²) in [5.41, 5.74) is 0.382. The van der Waals surface area contributed by atoms with Gasteiger partial charge in [0.15, 0.2) is 0 Å². The highest BCUT2D eigenvalue weighted by Gasteiger charge is 2.54. The van der Waals surface area contributed by atoms with E-state index in [1.54, 1.807) is 0 Å². The maximum atomic E-state index is 11.1. The summed E-state index contributed by atoms with van der Waals surface area (Å²) in [5.74, 6) is 2.03. The van der Waals surface area contributed by atoms with Crippen LogP contribution in [0.2, 0.25) is 0 Å². The summed E-state index contributed by atoms with van der Waals surface area (Å²) >= 11 is 0. The Bertz CT molecular complexity index is 369. The largest absolute Gasteiger partial charge is 0.480 e. The van der Waals surface area contributed by atoms with Gasteiger partial charge < -0.3 is 5.11 Å². The van der Waals surface area contributed by atoms with Crippen LogP contribution < -0.4 is 0 Å². The van der Waals surface area contributed by atoms with Gasteiger partial charge in [-0.3, -0.25) is 9.69 Å². The van der Waals surface area contributed by atoms with Gasteiger partial charge in [0.1, 0.15) is 0 Å². The third-order valence-electron chi connectivity index (χ3n) is 6.22. The smallest absolute Gasteiger partial charge is 0.317 e. The number of nitrogens with zero attached hydrogens (tertiary/aromatic N) is 1. The van der Waals surface area contributed by atoms with Gasteiger partial charge in [0, 0.05) is 12.6 Å². The molecule has 0 amide bonds. The summed E-state index contributed by atoms with van der Waals surface area (Å²) in [4.78, 5) is 13.3. The number of carboxylic acid groups (broad SMARTS) is 1. The van der Waals surface area contributed by atoms with Crippen molar-refractivity contribution in [2.75, 3.05) is 13.1 Å². The SMILES string of the molecule is C=CCN(CC(=O)O)C(C)C12CC3CC(CC(C3)C1)C2. The topological polar surface area (TPSA) is 40.5 Å². The fourth-order valence-corrected chi connectivity index (χ4v) is 5.78. The second-order valence-electron chi connectivity index (χ2n) is 7.57. The first kappa shape index (κ1) is 14.1. The van der Waals surface area contributed by atoms with E-state index < -0.39 is 5.97 Å². The molecule has 4 aliphatic carbocycles. The maximum absolute atomic E-state index is 11.1. The monoisotopic (exact) mass is 277 g/mol. The molecule has 0 aromatic rings. The normalized spacial score (nSPS) is 40.0. The van der Waals surface area contributed by atoms with Crippen molar-refractivity contribution >= 4 is 5.97 Å². The van der Waals surface area contributed by atoms with Crippen molar-refractivity contribution in [2.45, 2.75) is 51.5 Å². The van der Waals surface area contributed by atoms with E-state index in [0.29, 0.717) is 18.0 Å². The quantitative estimate of drug-likeness (QED) is 0.758. The molecule has 0 aliphatic heterocycles. The zero-order valence-electron chi connectivity index (χ0n) is 12.6. The number of hydrogen-bond donors (Lipinski definition) is 1. The van der Waals surface area contributed by atoms with Gasteiger partial charge in [-0.15, -0.1) is 6.58 Å². The fourth-order valence-electron chi connectivity index (χ4n) is 5.78. The van der Waals surface area contributed by atoms with Crippen LogP contribution in [0.3, 0.4) is 0 Å². The Kier molecular flexibility index (Phi) is 3.65. The molecule has 4 rings (SSSR count). The first-order chi connectivity index (χ1) is 9.52. The highest BCUT2D eigenvalue weighted by molar-refractivity contribution is 5.69. The van der Waals surface area contributed by atoms with E-state index in [2.05, 4.69) is 18.4 Å². The van der Waals surface area contributed by atoms with Crippen molar-refractivity contribution in [1.29, 1.82) is 0 Å². The van der Waals surface area contributed by atoms with Crippen LogP contribution in [0.5, 0.6) is 0 Å². The highest BCUT2D eigenvalue weighted by Crippen LogP contribution is 2.61. The van der Waals surface area contributed by atoms with Crippen molar-refractivity contribution in [2.24, 2.45) is 23.2 Å². The fraction of sp³-hybridized carbons (Fsp3) is 0.824. The number of hydrogen-bond acceptors (Lipinski definition) is 2. The lowest BCUT2D eigenvalue weighted by molar-refractivity contribution is -0.142. The molecule has 1 unspecified atom stereocenters. The highest BCUT2D eigenvalue weighted by atomic mass is 16.4. The Morgan fingerprint density at radius 1 is 1.30 bits per heavy atom. The van der Waals surface area contributed by atoms with Crippen molar-refractivity contribution in [3.05, 3.63) is 12.7 Å². The van der Waals surface area contributed by atoms with Crippen molar-refractivity contribution in [3.63, 3.8) is 0 Å². The van der Waals surface area contributed by atoms with Gasteiger partial charge in [-0.1, -0.05) is 6.08 Å². The molecule has 0 aromatic carbocycles. The van der Waals surface area contributed by atoms with E-state index in [0.717, 1.165) is 17.8 Å². The van der Waals surface area contributed by atoms with Crippen LogP contribution in [0, 0.1) is 23.2 Å². The first-order valence-electron chi connectivity index (χ1n) is 8.09. The van der Waals surface area contributed by atoms with Gasteiger partial charge in [0.25, 0.3) is 0 Å². The Morgan fingerprint density at radius 3 is 2.20 bits per heavy atom. The number of carboxylic acids is 1. The van der Waals surface area contributed by atoms with Crippen LogP contribution in [0.1, 0.15) is 45.4 Å². The molecule has 3 heteroatoms. The van der Waals surface area contributed by atoms with Crippen molar-refractivity contribution in [3.8, 4) is 0 Å². The molecule has 0 aromatic heterocycles. The Hall–Kier alpha value is -0.830. The minimum Gasteiger partial charge on any atom is -0.480 e. The predicted molar refractivity (Wildman–Crippen MR) is 79.5 cm³/mol. The number of carbonyl (C=O) groups is 1. The lowest BCUT2D eigenvalue weighted by Crippen LogP contribution is -2.56. The summed E-state index contributed by atoms with van der Waals surface area (Å²) in [6.45, 7) is 6.90. The predicted octanol–water partition coefficient (Wildman–Crippen LogP) is 3.16. The molecular formula is C17H27NO2. The van der Waals surface area contributed by atoms with Crippen molar-refractivity contribution in [1.82, 2.24) is 4.90 Å². The minimum atomic E-state index is -0.719. The second-order valence-corrected chi connectivity index (χ2v) is 7.57. The number of aliphatic carboxylic acids is 1. The van der Waals surface area contributed by atoms with Crippen LogP contribution in [-0.4, -0.2) is 35.1 Å². The Morgan fingerprint density at radius 2 is 1.80 bits per heavy atom. The standard InChI is InChI=1S/C17H27NO2/c1-3-4-18(11-16(19)20)12(2)17-8-13-5-14(9-17)7-15(6-13)10-17/h3,12-15H,1,4-11H2,2H3,(H,19,20). The molecule has 112 valence electrons. The van der Waals surface area contributed by atoms with E-state index in [1.165, 1.54) is 38.5 Å². The van der Waals surface area contributed by atoms with Crippen LogP contribution >= 0.6 is 0 Å². The summed E-state index contributed by atoms with van der Waals surface area (Å²) in [6.07, 6.45) is 10.1. The lowest BCUT2D eigenvalue weighted by atomic mass is 9.47. The van der Waals surface area contributed by atoms with E-state index in [9.17, 15) is 4.79 Å². The summed E-state index contributed by atoms with van der Waals surface area (Å²) in [6, 6.07) is 0.366. The maximum Gasteiger partial charge on any atom is 0.317 e. The summed E-state index contributed by atoms with van der Waals surface area (Å²) in [5, 5.41) is 9.17. The Labute approximate surface area is 122 Å². The molecule has 1 atom stereocenters.